The highest BCUT2D eigenvalue weighted by atomic mass is 32.1. The predicted molar refractivity (Wildman–Crippen MR) is 86.9 cm³/mol. The van der Waals surface area contributed by atoms with Crippen LogP contribution in [-0.4, -0.2) is 27.7 Å². The molecule has 5 nitrogen and oxygen atoms in total. The fourth-order valence-electron chi connectivity index (χ4n) is 2.42. The van der Waals surface area contributed by atoms with Gasteiger partial charge in [0.2, 0.25) is 0 Å². The first-order valence-electron chi connectivity index (χ1n) is 7.27. The van der Waals surface area contributed by atoms with Crippen LogP contribution in [0.2, 0.25) is 0 Å². The number of rotatable bonds is 6. The van der Waals surface area contributed by atoms with E-state index in [9.17, 15) is 4.79 Å². The van der Waals surface area contributed by atoms with Gasteiger partial charge in [0.1, 0.15) is 10.7 Å². The van der Waals surface area contributed by atoms with E-state index in [0.29, 0.717) is 30.1 Å². The summed E-state index contributed by atoms with van der Waals surface area (Å²) in [6, 6.07) is 0.211. The number of H-pyrrole nitrogens is 1. The molecule has 1 unspecified atom stereocenters. The molecule has 1 atom stereocenters. The van der Waals surface area contributed by atoms with Gasteiger partial charge in [0.05, 0.1) is 11.9 Å². The lowest BCUT2D eigenvalue weighted by molar-refractivity contribution is 0.243. The summed E-state index contributed by atoms with van der Waals surface area (Å²) in [6.45, 7) is 8.84. The monoisotopic (exact) mass is 309 g/mol. The molecule has 0 aliphatic heterocycles. The third-order valence-corrected chi connectivity index (χ3v) is 4.97. The second-order valence-electron chi connectivity index (χ2n) is 5.72. The molecule has 0 bridgehead atoms. The molecule has 0 aromatic carbocycles. The Kier molecular flexibility index (Phi) is 5.13. The quantitative estimate of drug-likeness (QED) is 0.763. The zero-order valence-electron chi connectivity index (χ0n) is 13.0. The van der Waals surface area contributed by atoms with Crippen LogP contribution in [0.15, 0.2) is 4.79 Å². The Morgan fingerprint density at radius 2 is 2.10 bits per heavy atom. The minimum Gasteiger partial charge on any atom is -0.396 e. The SMILES string of the molecule is Cc1sc2nc(CNC(CCO)C(C)C)[nH]c(=O)c2c1C. The van der Waals surface area contributed by atoms with E-state index < -0.39 is 0 Å². The molecule has 21 heavy (non-hydrogen) atoms. The molecule has 2 heterocycles. The van der Waals surface area contributed by atoms with Crippen molar-refractivity contribution in [1.29, 1.82) is 0 Å². The molecule has 2 aromatic heterocycles. The second-order valence-corrected chi connectivity index (χ2v) is 6.92. The molecule has 0 aliphatic rings. The van der Waals surface area contributed by atoms with E-state index in [4.69, 9.17) is 5.11 Å². The Labute approximate surface area is 128 Å². The van der Waals surface area contributed by atoms with Crippen LogP contribution in [0.25, 0.3) is 10.2 Å². The van der Waals surface area contributed by atoms with Gasteiger partial charge in [0.15, 0.2) is 0 Å². The summed E-state index contributed by atoms with van der Waals surface area (Å²) in [6.07, 6.45) is 0.696. The number of aromatic amines is 1. The van der Waals surface area contributed by atoms with Crippen LogP contribution < -0.4 is 10.9 Å². The fourth-order valence-corrected chi connectivity index (χ4v) is 3.47. The summed E-state index contributed by atoms with van der Waals surface area (Å²) in [4.78, 5) is 21.5. The standard InChI is InChI=1S/C15H23N3O2S/c1-8(2)11(5-6-19)16-7-12-17-14(20)13-9(3)10(4)21-15(13)18-12/h8,11,16,19H,5-7H2,1-4H3,(H,17,18,20). The number of hydrogen-bond donors (Lipinski definition) is 3. The number of fused-ring (bicyclic) bond motifs is 1. The van der Waals surface area contributed by atoms with E-state index in [0.717, 1.165) is 15.3 Å². The molecule has 0 aliphatic carbocycles. The molecule has 0 saturated carbocycles. The molecule has 0 fully saturated rings. The van der Waals surface area contributed by atoms with Gasteiger partial charge < -0.3 is 15.4 Å². The van der Waals surface area contributed by atoms with E-state index in [1.165, 1.54) is 0 Å². The van der Waals surface area contributed by atoms with E-state index in [-0.39, 0.29) is 18.2 Å². The van der Waals surface area contributed by atoms with Gasteiger partial charge >= 0.3 is 0 Å². The zero-order chi connectivity index (χ0) is 15.6. The lowest BCUT2D eigenvalue weighted by Crippen LogP contribution is -2.35. The van der Waals surface area contributed by atoms with Crippen LogP contribution in [-0.2, 0) is 6.54 Å². The number of aryl methyl sites for hydroxylation is 2. The highest BCUT2D eigenvalue weighted by Crippen LogP contribution is 2.25. The van der Waals surface area contributed by atoms with Crippen LogP contribution in [0, 0.1) is 19.8 Å². The van der Waals surface area contributed by atoms with E-state index in [1.54, 1.807) is 11.3 Å². The van der Waals surface area contributed by atoms with Gasteiger partial charge in [0, 0.05) is 17.5 Å². The van der Waals surface area contributed by atoms with Crippen molar-refractivity contribution in [2.45, 2.75) is 46.7 Å². The molecule has 116 valence electrons. The topological polar surface area (TPSA) is 78.0 Å². The zero-order valence-corrected chi connectivity index (χ0v) is 13.8. The van der Waals surface area contributed by atoms with Gasteiger partial charge in [-0.15, -0.1) is 11.3 Å². The Morgan fingerprint density at radius 3 is 2.71 bits per heavy atom. The summed E-state index contributed by atoms with van der Waals surface area (Å²) >= 11 is 1.56. The lowest BCUT2D eigenvalue weighted by Gasteiger charge is -2.21. The van der Waals surface area contributed by atoms with Crippen molar-refractivity contribution in [3.63, 3.8) is 0 Å². The molecular weight excluding hydrogens is 286 g/mol. The van der Waals surface area contributed by atoms with Gasteiger partial charge in [-0.05, 0) is 31.7 Å². The second kappa shape index (κ2) is 6.68. The largest absolute Gasteiger partial charge is 0.396 e. The van der Waals surface area contributed by atoms with E-state index >= 15 is 0 Å². The Bertz CT molecular complexity index is 675. The molecule has 0 saturated heterocycles. The summed E-state index contributed by atoms with van der Waals surface area (Å²) < 4.78 is 0. The van der Waals surface area contributed by atoms with Gasteiger partial charge in [-0.25, -0.2) is 4.98 Å². The Morgan fingerprint density at radius 1 is 1.38 bits per heavy atom. The first-order valence-corrected chi connectivity index (χ1v) is 8.08. The van der Waals surface area contributed by atoms with E-state index in [2.05, 4.69) is 29.1 Å². The smallest absolute Gasteiger partial charge is 0.259 e. The average Bonchev–Trinajstić information content (AvgIpc) is 2.70. The first-order chi connectivity index (χ1) is 9.93. The number of nitrogens with one attached hydrogen (secondary N) is 2. The number of aromatic nitrogens is 2. The molecule has 2 rings (SSSR count). The summed E-state index contributed by atoms with van der Waals surface area (Å²) in [5.41, 5.74) is 0.950. The number of aliphatic hydroxyl groups is 1. The minimum absolute atomic E-state index is 0.0677. The maximum absolute atomic E-state index is 12.2. The summed E-state index contributed by atoms with van der Waals surface area (Å²) in [7, 11) is 0. The van der Waals surface area contributed by atoms with Gasteiger partial charge in [-0.2, -0.15) is 0 Å². The number of nitrogens with zero attached hydrogens (tertiary/aromatic N) is 1. The third-order valence-electron chi connectivity index (χ3n) is 3.86. The molecule has 6 heteroatoms. The molecule has 3 N–H and O–H groups in total. The maximum atomic E-state index is 12.2. The van der Waals surface area contributed by atoms with Crippen molar-refractivity contribution < 1.29 is 5.11 Å². The molecule has 2 aromatic rings. The van der Waals surface area contributed by atoms with Crippen LogP contribution in [0.3, 0.4) is 0 Å². The van der Waals surface area contributed by atoms with Crippen molar-refractivity contribution in [1.82, 2.24) is 15.3 Å². The molecule has 0 radical (unpaired) electrons. The predicted octanol–water partition coefficient (Wildman–Crippen LogP) is 2.10. The van der Waals surface area contributed by atoms with Crippen LogP contribution >= 0.6 is 11.3 Å². The third kappa shape index (κ3) is 3.51. The van der Waals surface area contributed by atoms with Crippen molar-refractivity contribution in [3.8, 4) is 0 Å². The minimum atomic E-state index is -0.0677. The number of thiophene rings is 1. The average molecular weight is 309 g/mol. The number of aliphatic hydroxyl groups excluding tert-OH is 1. The first kappa shape index (κ1) is 16.1. The van der Waals surface area contributed by atoms with Crippen molar-refractivity contribution in [2.75, 3.05) is 6.61 Å². The van der Waals surface area contributed by atoms with Gasteiger partial charge in [-0.3, -0.25) is 4.79 Å². The molecule has 0 spiro atoms. The fraction of sp³-hybridized carbons (Fsp3) is 0.600. The van der Waals surface area contributed by atoms with Crippen molar-refractivity contribution in [3.05, 3.63) is 26.6 Å². The molecular formula is C15H23N3O2S. The van der Waals surface area contributed by atoms with Gasteiger partial charge in [0.25, 0.3) is 5.56 Å². The normalized spacial score (nSPS) is 13.2. The summed E-state index contributed by atoms with van der Waals surface area (Å²) in [5, 5.41) is 13.2. The highest BCUT2D eigenvalue weighted by molar-refractivity contribution is 7.18. The van der Waals surface area contributed by atoms with Crippen LogP contribution in [0.4, 0.5) is 0 Å². The Balaban J connectivity index is 2.21. The van der Waals surface area contributed by atoms with Crippen molar-refractivity contribution in [2.24, 2.45) is 5.92 Å². The Hall–Kier alpha value is -1.24. The lowest BCUT2D eigenvalue weighted by atomic mass is 10.0. The van der Waals surface area contributed by atoms with Crippen LogP contribution in [0.5, 0.6) is 0 Å². The van der Waals surface area contributed by atoms with Crippen molar-refractivity contribution >= 4 is 21.6 Å². The molecule has 0 amide bonds. The number of hydrogen-bond acceptors (Lipinski definition) is 5. The highest BCUT2D eigenvalue weighted by Gasteiger charge is 2.14. The maximum Gasteiger partial charge on any atom is 0.259 e. The van der Waals surface area contributed by atoms with E-state index in [1.807, 2.05) is 13.8 Å². The van der Waals surface area contributed by atoms with Gasteiger partial charge in [-0.1, -0.05) is 13.8 Å². The van der Waals surface area contributed by atoms with Crippen LogP contribution in [0.1, 0.15) is 36.5 Å². The summed E-state index contributed by atoms with van der Waals surface area (Å²) in [5.74, 6) is 1.07.